The van der Waals surface area contributed by atoms with E-state index in [1.807, 2.05) is 133 Å². The highest BCUT2D eigenvalue weighted by molar-refractivity contribution is 8.76. The number of hydrogen-bond acceptors (Lipinski definition) is 4. The van der Waals surface area contributed by atoms with Crippen molar-refractivity contribution in [1.82, 2.24) is 0 Å². The fraction of sp³-hybridized carbons (Fsp3) is 0. The third-order valence-electron chi connectivity index (χ3n) is 6.56. The fourth-order valence-electron chi connectivity index (χ4n) is 4.60. The summed E-state index contributed by atoms with van der Waals surface area (Å²) >= 11 is 0. The number of carbonyl (C=O) groups excluding carboxylic acids is 2. The van der Waals surface area contributed by atoms with E-state index in [0.29, 0.717) is 11.1 Å². The lowest BCUT2D eigenvalue weighted by molar-refractivity contribution is 0.102. The molecule has 194 valence electrons. The van der Waals surface area contributed by atoms with E-state index in [-0.39, 0.29) is 11.8 Å². The molecule has 0 atom stereocenters. The molecule has 2 amide bonds. The van der Waals surface area contributed by atoms with Crippen LogP contribution < -0.4 is 10.6 Å². The largest absolute Gasteiger partial charge is 0.321 e. The number of carbonyl (C=O) groups is 2. The Hall–Kier alpha value is -4.52. The van der Waals surface area contributed by atoms with E-state index >= 15 is 0 Å². The molecule has 0 saturated heterocycles. The van der Waals surface area contributed by atoms with E-state index in [9.17, 15) is 9.59 Å². The summed E-state index contributed by atoms with van der Waals surface area (Å²) in [6.45, 7) is 0. The van der Waals surface area contributed by atoms with Crippen LogP contribution in [-0.4, -0.2) is 11.8 Å². The minimum absolute atomic E-state index is 0.155. The molecule has 40 heavy (non-hydrogen) atoms. The summed E-state index contributed by atoms with van der Waals surface area (Å²) in [5.74, 6) is -0.310. The first-order chi connectivity index (χ1) is 19.7. The summed E-state index contributed by atoms with van der Waals surface area (Å²) < 4.78 is 0. The average Bonchev–Trinajstić information content (AvgIpc) is 3.00. The molecular formula is C34H24N2O2S2. The molecule has 0 radical (unpaired) electrons. The van der Waals surface area contributed by atoms with Crippen molar-refractivity contribution in [2.75, 3.05) is 10.6 Å². The van der Waals surface area contributed by atoms with Crippen LogP contribution in [0.1, 0.15) is 20.7 Å². The number of para-hydroxylation sites is 2. The molecule has 6 aromatic carbocycles. The summed E-state index contributed by atoms with van der Waals surface area (Å²) in [6.07, 6.45) is 0. The zero-order chi connectivity index (χ0) is 27.3. The van der Waals surface area contributed by atoms with Gasteiger partial charge >= 0.3 is 0 Å². The van der Waals surface area contributed by atoms with Crippen LogP contribution in [0.4, 0.5) is 11.4 Å². The Labute approximate surface area is 240 Å². The lowest BCUT2D eigenvalue weighted by Gasteiger charge is -2.14. The number of nitrogens with one attached hydrogen (secondary N) is 2. The lowest BCUT2D eigenvalue weighted by atomic mass is 10.0. The van der Waals surface area contributed by atoms with Gasteiger partial charge in [-0.15, -0.1) is 0 Å². The maximum Gasteiger partial charge on any atom is 0.256 e. The minimum Gasteiger partial charge on any atom is -0.321 e. The van der Waals surface area contributed by atoms with E-state index in [1.54, 1.807) is 0 Å². The molecule has 0 bridgehead atoms. The molecule has 0 spiro atoms. The van der Waals surface area contributed by atoms with Crippen molar-refractivity contribution in [3.63, 3.8) is 0 Å². The molecule has 2 N–H and O–H groups in total. The molecular weight excluding hydrogens is 533 g/mol. The Bertz CT molecular complexity index is 1720. The standard InChI is InChI=1S/C34H24N2O2S2/c37-33(27-17-9-13-23-11-1-3-15-25(23)27)35-29-19-5-7-21-31(29)39-40-32-22-8-6-20-30(32)36-34(38)28-18-10-14-24-12-2-4-16-26(24)28/h1-22H,(H,35,37)(H,36,38). The molecule has 0 heterocycles. The lowest BCUT2D eigenvalue weighted by Crippen LogP contribution is -2.13. The Morgan fingerprint density at radius 3 is 1.27 bits per heavy atom. The van der Waals surface area contributed by atoms with Gasteiger partial charge in [-0.25, -0.2) is 0 Å². The second-order valence-electron chi connectivity index (χ2n) is 9.12. The molecule has 0 aliphatic carbocycles. The Balaban J connectivity index is 1.20. The molecule has 0 aromatic heterocycles. The van der Waals surface area contributed by atoms with E-state index in [4.69, 9.17) is 0 Å². The van der Waals surface area contributed by atoms with Crippen molar-refractivity contribution in [2.24, 2.45) is 0 Å². The fourth-order valence-corrected chi connectivity index (χ4v) is 6.88. The molecule has 0 saturated carbocycles. The van der Waals surface area contributed by atoms with Crippen LogP contribution in [0.5, 0.6) is 0 Å². The molecule has 6 rings (SSSR count). The van der Waals surface area contributed by atoms with Crippen LogP contribution in [0.2, 0.25) is 0 Å². The second kappa shape index (κ2) is 11.7. The third kappa shape index (κ3) is 5.45. The van der Waals surface area contributed by atoms with Gasteiger partial charge in [-0.2, -0.15) is 0 Å². The highest BCUT2D eigenvalue weighted by Gasteiger charge is 2.15. The molecule has 6 heteroatoms. The van der Waals surface area contributed by atoms with Gasteiger partial charge < -0.3 is 10.6 Å². The monoisotopic (exact) mass is 556 g/mol. The topological polar surface area (TPSA) is 58.2 Å². The number of amides is 2. The van der Waals surface area contributed by atoms with Crippen LogP contribution in [0, 0.1) is 0 Å². The zero-order valence-corrected chi connectivity index (χ0v) is 23.0. The van der Waals surface area contributed by atoms with Crippen molar-refractivity contribution < 1.29 is 9.59 Å². The second-order valence-corrected chi connectivity index (χ2v) is 11.3. The maximum atomic E-state index is 13.3. The van der Waals surface area contributed by atoms with Crippen molar-refractivity contribution in [3.8, 4) is 0 Å². The van der Waals surface area contributed by atoms with Gasteiger partial charge in [-0.05, 0) is 57.9 Å². The Kier molecular flexibility index (Phi) is 7.53. The van der Waals surface area contributed by atoms with Crippen LogP contribution in [-0.2, 0) is 0 Å². The Morgan fingerprint density at radius 1 is 0.425 bits per heavy atom. The van der Waals surface area contributed by atoms with Crippen molar-refractivity contribution >= 4 is 66.3 Å². The Morgan fingerprint density at radius 2 is 0.800 bits per heavy atom. The van der Waals surface area contributed by atoms with Gasteiger partial charge in [-0.1, -0.05) is 119 Å². The van der Waals surface area contributed by atoms with Crippen LogP contribution in [0.25, 0.3) is 21.5 Å². The SMILES string of the molecule is O=C(Nc1ccccc1SSc1ccccc1NC(=O)c1cccc2ccccc12)c1cccc2ccccc12. The molecule has 0 fully saturated rings. The number of hydrogen-bond donors (Lipinski definition) is 2. The van der Waals surface area contributed by atoms with Gasteiger partial charge in [0.05, 0.1) is 11.4 Å². The summed E-state index contributed by atoms with van der Waals surface area (Å²) in [7, 11) is 3.06. The summed E-state index contributed by atoms with van der Waals surface area (Å²) in [5.41, 5.74) is 2.73. The van der Waals surface area contributed by atoms with Gasteiger partial charge in [-0.3, -0.25) is 9.59 Å². The van der Waals surface area contributed by atoms with Crippen molar-refractivity contribution in [2.45, 2.75) is 9.79 Å². The van der Waals surface area contributed by atoms with Gasteiger partial charge in [0, 0.05) is 20.9 Å². The normalized spacial score (nSPS) is 10.9. The predicted molar refractivity (Wildman–Crippen MR) is 168 cm³/mol. The van der Waals surface area contributed by atoms with E-state index in [2.05, 4.69) is 10.6 Å². The zero-order valence-electron chi connectivity index (χ0n) is 21.3. The van der Waals surface area contributed by atoms with E-state index < -0.39 is 0 Å². The van der Waals surface area contributed by atoms with Gasteiger partial charge in [0.15, 0.2) is 0 Å². The van der Waals surface area contributed by atoms with Gasteiger partial charge in [0.1, 0.15) is 0 Å². The number of benzene rings is 6. The van der Waals surface area contributed by atoms with Crippen LogP contribution in [0.15, 0.2) is 143 Å². The summed E-state index contributed by atoms with van der Waals surface area (Å²) in [5, 5.41) is 10.1. The molecule has 0 unspecified atom stereocenters. The molecule has 6 aromatic rings. The first-order valence-corrected chi connectivity index (χ1v) is 14.9. The quantitative estimate of drug-likeness (QED) is 0.192. The van der Waals surface area contributed by atoms with Crippen molar-refractivity contribution in [3.05, 3.63) is 145 Å². The predicted octanol–water partition coefficient (Wildman–Crippen LogP) is 9.30. The number of rotatable bonds is 7. The summed E-state index contributed by atoms with van der Waals surface area (Å²) in [6, 6.07) is 42.7. The number of fused-ring (bicyclic) bond motifs is 2. The van der Waals surface area contributed by atoms with Crippen LogP contribution >= 0.6 is 21.6 Å². The van der Waals surface area contributed by atoms with Gasteiger partial charge in [0.2, 0.25) is 0 Å². The average molecular weight is 557 g/mol. The molecule has 0 aliphatic rings. The van der Waals surface area contributed by atoms with Crippen molar-refractivity contribution in [1.29, 1.82) is 0 Å². The smallest absolute Gasteiger partial charge is 0.256 e. The first-order valence-electron chi connectivity index (χ1n) is 12.8. The maximum absolute atomic E-state index is 13.3. The highest BCUT2D eigenvalue weighted by Crippen LogP contribution is 2.43. The van der Waals surface area contributed by atoms with E-state index in [1.165, 1.54) is 21.6 Å². The highest BCUT2D eigenvalue weighted by atomic mass is 33.1. The summed E-state index contributed by atoms with van der Waals surface area (Å²) in [4.78, 5) is 28.4. The molecule has 4 nitrogen and oxygen atoms in total. The molecule has 0 aliphatic heterocycles. The third-order valence-corrected chi connectivity index (χ3v) is 9.04. The number of anilines is 2. The minimum atomic E-state index is -0.155. The van der Waals surface area contributed by atoms with E-state index in [0.717, 1.165) is 42.7 Å². The first kappa shape index (κ1) is 25.7. The van der Waals surface area contributed by atoms with Crippen LogP contribution in [0.3, 0.4) is 0 Å². The van der Waals surface area contributed by atoms with Gasteiger partial charge in [0.25, 0.3) is 11.8 Å².